The van der Waals surface area contributed by atoms with Crippen LogP contribution in [0.15, 0.2) is 36.9 Å². The van der Waals surface area contributed by atoms with Crippen molar-refractivity contribution in [1.29, 1.82) is 0 Å². The zero-order valence-corrected chi connectivity index (χ0v) is 22.9. The van der Waals surface area contributed by atoms with E-state index in [2.05, 4.69) is 22.5 Å². The summed E-state index contributed by atoms with van der Waals surface area (Å²) in [4.78, 5) is 44.5. The van der Waals surface area contributed by atoms with Crippen LogP contribution >= 0.6 is 39.3 Å². The summed E-state index contributed by atoms with van der Waals surface area (Å²) in [6.07, 6.45) is 2.68. The van der Waals surface area contributed by atoms with Gasteiger partial charge in [-0.3, -0.25) is 14.4 Å². The third kappa shape index (κ3) is 4.22. The van der Waals surface area contributed by atoms with E-state index in [9.17, 15) is 19.5 Å². The molecule has 1 N–H and O–H groups in total. The van der Waals surface area contributed by atoms with Crippen molar-refractivity contribution in [3.63, 3.8) is 0 Å². The molecule has 3 heterocycles. The van der Waals surface area contributed by atoms with Gasteiger partial charge in [0.1, 0.15) is 6.04 Å². The number of rotatable bonds is 9. The van der Waals surface area contributed by atoms with Crippen LogP contribution in [0, 0.1) is 11.8 Å². The van der Waals surface area contributed by atoms with Gasteiger partial charge in [-0.05, 0) is 44.0 Å². The number of alkyl halides is 1. The van der Waals surface area contributed by atoms with Gasteiger partial charge >= 0.3 is 5.97 Å². The third-order valence-electron chi connectivity index (χ3n) is 7.31. The number of fused-ring (bicyclic) bond motifs is 1. The summed E-state index contributed by atoms with van der Waals surface area (Å²) < 4.78 is 4.57. The van der Waals surface area contributed by atoms with E-state index < -0.39 is 34.6 Å². The molecule has 1 aromatic rings. The number of amides is 2. The summed E-state index contributed by atoms with van der Waals surface area (Å²) in [7, 11) is 0. The second kappa shape index (κ2) is 10.4. The second-order valence-electron chi connectivity index (χ2n) is 9.12. The molecule has 2 amide bonds. The molecule has 1 aromatic carbocycles. The number of nitrogens with zero attached hydrogens (tertiary/aromatic N) is 2. The molecule has 7 nitrogen and oxygen atoms in total. The Bertz CT molecular complexity index is 1010. The third-order valence-corrected chi connectivity index (χ3v) is 10.8. The van der Waals surface area contributed by atoms with E-state index in [0.717, 1.165) is 0 Å². The number of aliphatic hydroxyl groups excluding tert-OH is 1. The van der Waals surface area contributed by atoms with Gasteiger partial charge in [0, 0.05) is 27.3 Å². The average molecular weight is 586 g/mol. The average Bonchev–Trinajstić information content (AvgIpc) is 3.43. The number of carbonyl (C=O) groups is 3. The van der Waals surface area contributed by atoms with Crippen molar-refractivity contribution >= 4 is 62.8 Å². The number of aliphatic hydroxyl groups is 1. The SMILES string of the molecule is C=CCN(C(=O)C1N([C@@H](CC)CO)C(=O)[C@@H]2[C@H](C(=O)OCC)[C@H]3SC12CC3Br)c1ccc(Cl)cc1. The van der Waals surface area contributed by atoms with E-state index in [1.54, 1.807) is 58.8 Å². The first kappa shape index (κ1) is 26.5. The highest BCUT2D eigenvalue weighted by molar-refractivity contribution is 9.09. The molecule has 190 valence electrons. The summed E-state index contributed by atoms with van der Waals surface area (Å²) in [5, 5.41) is 10.6. The molecular formula is C25H30BrClN2O5S. The van der Waals surface area contributed by atoms with Gasteiger partial charge in [-0.15, -0.1) is 18.3 Å². The van der Waals surface area contributed by atoms with Gasteiger partial charge in [0.25, 0.3) is 5.91 Å². The Morgan fingerprint density at radius 2 is 2.09 bits per heavy atom. The molecule has 3 fully saturated rings. The lowest BCUT2D eigenvalue weighted by Gasteiger charge is -2.39. The van der Waals surface area contributed by atoms with Gasteiger partial charge in [-0.1, -0.05) is 40.5 Å². The van der Waals surface area contributed by atoms with Gasteiger partial charge < -0.3 is 19.6 Å². The number of carbonyl (C=O) groups excluding carboxylic acids is 3. The zero-order valence-electron chi connectivity index (χ0n) is 19.7. The van der Waals surface area contributed by atoms with Gasteiger partial charge in [-0.2, -0.15) is 0 Å². The number of esters is 1. The Kier molecular flexibility index (Phi) is 7.91. The van der Waals surface area contributed by atoms with Crippen LogP contribution in [0.2, 0.25) is 5.02 Å². The topological polar surface area (TPSA) is 87.2 Å². The molecule has 1 spiro atoms. The van der Waals surface area contributed by atoms with Crippen molar-refractivity contribution in [3.05, 3.63) is 41.9 Å². The summed E-state index contributed by atoms with van der Waals surface area (Å²) in [6.45, 7) is 7.63. The van der Waals surface area contributed by atoms with E-state index >= 15 is 0 Å². The maximum absolute atomic E-state index is 14.4. The van der Waals surface area contributed by atoms with Crippen LogP contribution in [-0.2, 0) is 19.1 Å². The molecule has 0 aliphatic carbocycles. The molecule has 3 aliphatic rings. The van der Waals surface area contributed by atoms with Gasteiger partial charge in [0.15, 0.2) is 0 Å². The fraction of sp³-hybridized carbons (Fsp3) is 0.560. The Morgan fingerprint density at radius 1 is 1.40 bits per heavy atom. The highest BCUT2D eigenvalue weighted by Gasteiger charge is 2.76. The molecule has 0 saturated carbocycles. The zero-order chi connectivity index (χ0) is 25.5. The van der Waals surface area contributed by atoms with Crippen molar-refractivity contribution in [1.82, 2.24) is 4.90 Å². The van der Waals surface area contributed by atoms with Crippen molar-refractivity contribution in [2.45, 2.75) is 53.6 Å². The molecular weight excluding hydrogens is 556 g/mol. The lowest BCUT2D eigenvalue weighted by molar-refractivity contribution is -0.154. The first-order valence-corrected chi connectivity index (χ1v) is 14.0. The van der Waals surface area contributed by atoms with Crippen LogP contribution < -0.4 is 4.90 Å². The molecule has 3 aliphatic heterocycles. The summed E-state index contributed by atoms with van der Waals surface area (Å²) in [6, 6.07) is 5.56. The Morgan fingerprint density at radius 3 is 2.66 bits per heavy atom. The van der Waals surface area contributed by atoms with E-state index in [4.69, 9.17) is 16.3 Å². The van der Waals surface area contributed by atoms with Crippen molar-refractivity contribution in [2.24, 2.45) is 11.8 Å². The largest absolute Gasteiger partial charge is 0.466 e. The molecule has 0 aromatic heterocycles. The monoisotopic (exact) mass is 584 g/mol. The minimum absolute atomic E-state index is 0.0428. The van der Waals surface area contributed by atoms with Crippen LogP contribution in [0.5, 0.6) is 0 Å². The number of ether oxygens (including phenoxy) is 1. The highest BCUT2D eigenvalue weighted by Crippen LogP contribution is 2.68. The van der Waals surface area contributed by atoms with Gasteiger partial charge in [0.05, 0.1) is 35.8 Å². The van der Waals surface area contributed by atoms with E-state index in [0.29, 0.717) is 23.6 Å². The minimum atomic E-state index is -0.845. The van der Waals surface area contributed by atoms with E-state index in [1.165, 1.54) is 0 Å². The van der Waals surface area contributed by atoms with E-state index in [1.807, 2.05) is 6.92 Å². The maximum Gasteiger partial charge on any atom is 0.310 e. The standard InChI is InChI=1S/C25H30BrClN2O5S/c1-4-11-28(16-9-7-14(27)8-10-16)23(32)21-25-12-17(26)20(35-25)18(24(33)34-6-3)19(25)22(31)29(21)15(5-2)13-30/h4,7-10,15,17-21,30H,1,5-6,11-13H2,2-3H3/t15-,17?,18-,19-,20-,21?,25?/m0/s1. The molecule has 3 unspecified atom stereocenters. The maximum atomic E-state index is 14.4. The number of halogens is 2. The molecule has 0 radical (unpaired) electrons. The van der Waals surface area contributed by atoms with Crippen LogP contribution in [-0.4, -0.2) is 74.5 Å². The molecule has 2 bridgehead atoms. The van der Waals surface area contributed by atoms with Crippen LogP contribution in [0.4, 0.5) is 5.69 Å². The van der Waals surface area contributed by atoms with Crippen LogP contribution in [0.1, 0.15) is 26.7 Å². The normalized spacial score (nSPS) is 31.9. The molecule has 4 rings (SSSR count). The number of likely N-dealkylation sites (tertiary alicyclic amines) is 1. The van der Waals surface area contributed by atoms with Gasteiger partial charge in [0.2, 0.25) is 5.91 Å². The van der Waals surface area contributed by atoms with Crippen LogP contribution in [0.3, 0.4) is 0 Å². The summed E-state index contributed by atoms with van der Waals surface area (Å²) in [5.41, 5.74) is 0.637. The first-order chi connectivity index (χ1) is 16.7. The minimum Gasteiger partial charge on any atom is -0.466 e. The summed E-state index contributed by atoms with van der Waals surface area (Å²) >= 11 is 11.4. The van der Waals surface area contributed by atoms with Gasteiger partial charge in [-0.25, -0.2) is 0 Å². The molecule has 35 heavy (non-hydrogen) atoms. The Labute approximate surface area is 223 Å². The molecule has 7 atom stereocenters. The Hall–Kier alpha value is -1.55. The fourth-order valence-electron chi connectivity index (χ4n) is 5.88. The smallest absolute Gasteiger partial charge is 0.310 e. The number of benzene rings is 1. The first-order valence-electron chi connectivity index (χ1n) is 11.8. The summed E-state index contributed by atoms with van der Waals surface area (Å²) in [5.74, 6) is -2.25. The Balaban J connectivity index is 1.83. The van der Waals surface area contributed by atoms with Crippen molar-refractivity contribution < 1.29 is 24.2 Å². The number of hydrogen-bond acceptors (Lipinski definition) is 6. The highest BCUT2D eigenvalue weighted by atomic mass is 79.9. The second-order valence-corrected chi connectivity index (χ2v) is 12.3. The fourth-order valence-corrected chi connectivity index (χ4v) is 9.59. The predicted molar refractivity (Wildman–Crippen MR) is 141 cm³/mol. The lowest BCUT2D eigenvalue weighted by Crippen LogP contribution is -2.58. The van der Waals surface area contributed by atoms with E-state index in [-0.39, 0.29) is 41.6 Å². The van der Waals surface area contributed by atoms with Crippen molar-refractivity contribution in [2.75, 3.05) is 24.7 Å². The molecule has 10 heteroatoms. The molecule has 3 saturated heterocycles. The van der Waals surface area contributed by atoms with Crippen molar-refractivity contribution in [3.8, 4) is 0 Å². The number of anilines is 1. The lowest BCUT2D eigenvalue weighted by atomic mass is 9.71. The van der Waals surface area contributed by atoms with Crippen LogP contribution in [0.25, 0.3) is 0 Å². The number of thioether (sulfide) groups is 1. The predicted octanol–water partition coefficient (Wildman–Crippen LogP) is 3.66. The quantitative estimate of drug-likeness (QED) is 0.270. The number of hydrogen-bond donors (Lipinski definition) is 1.